The maximum Gasteiger partial charge on any atom is 0.321 e. The predicted octanol–water partition coefficient (Wildman–Crippen LogP) is 1.01. The summed E-state index contributed by atoms with van der Waals surface area (Å²) in [6.07, 6.45) is 1.98. The Morgan fingerprint density at radius 2 is 2.12 bits per heavy atom. The topological polar surface area (TPSA) is 67.4 Å². The number of halogens is 1. The van der Waals surface area contributed by atoms with Gasteiger partial charge in [0.25, 0.3) is 0 Å². The molecule has 92 valence electrons. The number of ether oxygens (including phenoxy) is 1. The van der Waals surface area contributed by atoms with Crippen molar-refractivity contribution >= 4 is 23.5 Å². The molecule has 1 heterocycles. The lowest BCUT2D eigenvalue weighted by Gasteiger charge is -2.20. The van der Waals surface area contributed by atoms with Crippen LogP contribution in [0.2, 0.25) is 0 Å². The molecule has 1 aliphatic heterocycles. The third-order valence-corrected chi connectivity index (χ3v) is 2.68. The molecule has 2 N–H and O–H groups in total. The summed E-state index contributed by atoms with van der Waals surface area (Å²) in [6, 6.07) is -0.638. The molecule has 0 aromatic carbocycles. The van der Waals surface area contributed by atoms with E-state index in [9.17, 15) is 9.59 Å². The summed E-state index contributed by atoms with van der Waals surface area (Å²) in [4.78, 5) is 22.5. The van der Waals surface area contributed by atoms with Gasteiger partial charge >= 0.3 is 6.03 Å². The van der Waals surface area contributed by atoms with Crippen molar-refractivity contribution in [2.24, 2.45) is 0 Å². The molecule has 0 saturated carbocycles. The average Bonchev–Trinajstić information content (AvgIpc) is 2.69. The summed E-state index contributed by atoms with van der Waals surface area (Å²) in [6.45, 7) is 4.09. The van der Waals surface area contributed by atoms with Gasteiger partial charge in [-0.1, -0.05) is 0 Å². The Morgan fingerprint density at radius 1 is 1.44 bits per heavy atom. The van der Waals surface area contributed by atoms with Gasteiger partial charge < -0.3 is 10.1 Å². The van der Waals surface area contributed by atoms with Gasteiger partial charge in [-0.15, -0.1) is 11.6 Å². The fourth-order valence-corrected chi connectivity index (χ4v) is 1.60. The molecule has 1 aliphatic rings. The second-order valence-corrected chi connectivity index (χ2v) is 4.57. The summed E-state index contributed by atoms with van der Waals surface area (Å²) < 4.78 is 5.41. The number of alkyl halides is 1. The van der Waals surface area contributed by atoms with Gasteiger partial charge in [-0.3, -0.25) is 10.1 Å². The smallest absolute Gasteiger partial charge is 0.321 e. The lowest BCUT2D eigenvalue weighted by molar-refractivity contribution is -0.119. The first kappa shape index (κ1) is 13.3. The molecule has 0 aliphatic carbocycles. The fourth-order valence-electron chi connectivity index (χ4n) is 1.54. The van der Waals surface area contributed by atoms with Crippen LogP contribution in [0.25, 0.3) is 0 Å². The Morgan fingerprint density at radius 3 is 2.62 bits per heavy atom. The van der Waals surface area contributed by atoms with Crippen molar-refractivity contribution in [3.05, 3.63) is 0 Å². The summed E-state index contributed by atoms with van der Waals surface area (Å²) in [7, 11) is 0. The molecule has 0 spiro atoms. The number of hydrogen-bond acceptors (Lipinski definition) is 3. The molecule has 5 nitrogen and oxygen atoms in total. The highest BCUT2D eigenvalue weighted by Gasteiger charge is 2.24. The van der Waals surface area contributed by atoms with E-state index in [-0.39, 0.29) is 12.1 Å². The number of nitrogens with one attached hydrogen (secondary N) is 2. The molecule has 0 aromatic heterocycles. The van der Waals surface area contributed by atoms with Crippen molar-refractivity contribution in [2.75, 3.05) is 6.61 Å². The van der Waals surface area contributed by atoms with Gasteiger partial charge in [-0.2, -0.15) is 0 Å². The minimum absolute atomic E-state index is 0.0364. The lowest BCUT2D eigenvalue weighted by Crippen LogP contribution is -2.48. The van der Waals surface area contributed by atoms with Gasteiger partial charge in [0, 0.05) is 6.61 Å². The Labute approximate surface area is 99.9 Å². The van der Waals surface area contributed by atoms with Gasteiger partial charge in [0.1, 0.15) is 5.38 Å². The van der Waals surface area contributed by atoms with E-state index in [0.717, 1.165) is 19.4 Å². The monoisotopic (exact) mass is 248 g/mol. The molecule has 3 atom stereocenters. The van der Waals surface area contributed by atoms with Crippen LogP contribution < -0.4 is 10.6 Å². The molecule has 0 bridgehead atoms. The zero-order valence-electron chi connectivity index (χ0n) is 9.46. The van der Waals surface area contributed by atoms with Crippen LogP contribution in [0.1, 0.15) is 26.7 Å². The van der Waals surface area contributed by atoms with Crippen LogP contribution in [0.15, 0.2) is 0 Å². The zero-order valence-corrected chi connectivity index (χ0v) is 10.2. The highest BCUT2D eigenvalue weighted by Crippen LogP contribution is 2.15. The van der Waals surface area contributed by atoms with Crippen molar-refractivity contribution in [3.8, 4) is 0 Å². The van der Waals surface area contributed by atoms with Crippen LogP contribution in [0.3, 0.4) is 0 Å². The van der Waals surface area contributed by atoms with Crippen LogP contribution in [0.5, 0.6) is 0 Å². The highest BCUT2D eigenvalue weighted by atomic mass is 35.5. The number of rotatable bonds is 3. The van der Waals surface area contributed by atoms with Crippen molar-refractivity contribution in [3.63, 3.8) is 0 Å². The summed E-state index contributed by atoms with van der Waals surface area (Å²) >= 11 is 5.52. The van der Waals surface area contributed by atoms with Gasteiger partial charge in [0.2, 0.25) is 5.91 Å². The number of hydrogen-bond donors (Lipinski definition) is 2. The van der Waals surface area contributed by atoms with Gasteiger partial charge in [0.05, 0.1) is 12.1 Å². The van der Waals surface area contributed by atoms with Gasteiger partial charge in [-0.25, -0.2) is 4.79 Å². The number of carbonyl (C=O) groups excluding carboxylic acids is 2. The third kappa shape index (κ3) is 3.98. The molecule has 0 aromatic rings. The van der Waals surface area contributed by atoms with Crippen LogP contribution in [0.4, 0.5) is 4.79 Å². The van der Waals surface area contributed by atoms with E-state index >= 15 is 0 Å². The number of carbonyl (C=O) groups is 2. The van der Waals surface area contributed by atoms with Crippen molar-refractivity contribution < 1.29 is 14.3 Å². The van der Waals surface area contributed by atoms with E-state index in [2.05, 4.69) is 10.6 Å². The first-order valence-corrected chi connectivity index (χ1v) is 5.81. The third-order valence-electron chi connectivity index (χ3n) is 2.48. The molecule has 6 heteroatoms. The number of imide groups is 1. The molecule has 1 rings (SSSR count). The quantitative estimate of drug-likeness (QED) is 0.733. The van der Waals surface area contributed by atoms with E-state index in [0.29, 0.717) is 0 Å². The molecule has 16 heavy (non-hydrogen) atoms. The maximum absolute atomic E-state index is 11.4. The molecule has 3 amide bonds. The Bertz CT molecular complexity index is 265. The normalized spacial score (nSPS) is 23.6. The molecular weight excluding hydrogens is 232 g/mol. The van der Waals surface area contributed by atoms with Crippen LogP contribution in [-0.4, -0.2) is 36.1 Å². The Kier molecular flexibility index (Phi) is 5.02. The second-order valence-electron chi connectivity index (χ2n) is 3.92. The highest BCUT2D eigenvalue weighted by molar-refractivity contribution is 6.31. The number of amides is 3. The standard InChI is InChI=1S/C10H17ClN2O3/c1-6(11)9(14)13-10(15)12-7(2)8-4-3-5-16-8/h6-8H,3-5H2,1-2H3,(H2,12,13,14,15). The van der Waals surface area contributed by atoms with Crippen LogP contribution in [-0.2, 0) is 9.53 Å². The fraction of sp³-hybridized carbons (Fsp3) is 0.800. The summed E-state index contributed by atoms with van der Waals surface area (Å²) in [5.41, 5.74) is 0. The van der Waals surface area contributed by atoms with E-state index in [4.69, 9.17) is 16.3 Å². The lowest BCUT2D eigenvalue weighted by atomic mass is 10.1. The number of urea groups is 1. The van der Waals surface area contributed by atoms with Gasteiger partial charge in [0.15, 0.2) is 0 Å². The summed E-state index contributed by atoms with van der Waals surface area (Å²) in [5.74, 6) is -0.501. The van der Waals surface area contributed by atoms with Crippen LogP contribution in [0, 0.1) is 0 Å². The first-order chi connectivity index (χ1) is 7.50. The van der Waals surface area contributed by atoms with Crippen molar-refractivity contribution in [2.45, 2.75) is 44.2 Å². The largest absolute Gasteiger partial charge is 0.376 e. The zero-order chi connectivity index (χ0) is 12.1. The van der Waals surface area contributed by atoms with E-state index in [1.165, 1.54) is 6.92 Å². The SMILES string of the molecule is CC(Cl)C(=O)NC(=O)NC(C)C1CCCO1. The van der Waals surface area contributed by atoms with Crippen LogP contribution >= 0.6 is 11.6 Å². The molecular formula is C10H17ClN2O3. The second kappa shape index (κ2) is 6.06. The summed E-state index contributed by atoms with van der Waals surface area (Å²) in [5, 5.41) is 4.09. The van der Waals surface area contributed by atoms with Gasteiger partial charge in [-0.05, 0) is 26.7 Å². The predicted molar refractivity (Wildman–Crippen MR) is 60.4 cm³/mol. The molecule has 1 fully saturated rings. The van der Waals surface area contributed by atoms with Crippen molar-refractivity contribution in [1.29, 1.82) is 0 Å². The Hall–Kier alpha value is -0.810. The van der Waals surface area contributed by atoms with E-state index < -0.39 is 17.3 Å². The molecule has 3 unspecified atom stereocenters. The van der Waals surface area contributed by atoms with Crippen molar-refractivity contribution in [1.82, 2.24) is 10.6 Å². The average molecular weight is 249 g/mol. The molecule has 1 saturated heterocycles. The first-order valence-electron chi connectivity index (χ1n) is 5.37. The molecule has 0 radical (unpaired) electrons. The minimum atomic E-state index is -0.719. The Balaban J connectivity index is 2.30. The van der Waals surface area contributed by atoms with E-state index in [1.54, 1.807) is 0 Å². The maximum atomic E-state index is 11.4. The minimum Gasteiger partial charge on any atom is -0.376 e. The van der Waals surface area contributed by atoms with E-state index in [1.807, 2.05) is 6.92 Å².